The molecule has 34 heavy (non-hydrogen) atoms. The molecule has 0 aliphatic rings. The maximum Gasteiger partial charge on any atom is 3.00 e. The molecule has 16 heteroatoms. The first-order valence-corrected chi connectivity index (χ1v) is 15.6. The van der Waals surface area contributed by atoms with Gasteiger partial charge in [0.15, 0.2) is 0 Å². The molecule has 0 fully saturated rings. The molecule has 0 heterocycles. The van der Waals surface area contributed by atoms with Gasteiger partial charge >= 0.3 is 25.8 Å². The molecule has 0 N–H and O–H groups in total. The van der Waals surface area contributed by atoms with E-state index >= 15 is 0 Å². The molecule has 3 aromatic rings. The first kappa shape index (κ1) is 34.5. The molecule has 0 spiro atoms. The second-order valence-electron chi connectivity index (χ2n) is 5.65. The van der Waals surface area contributed by atoms with E-state index in [4.69, 9.17) is 0 Å². The Hall–Kier alpha value is 0.450. The molecule has 0 aliphatic heterocycles. The molecule has 0 saturated carbocycles. The summed E-state index contributed by atoms with van der Waals surface area (Å²) in [6.07, 6.45) is 0. The van der Waals surface area contributed by atoms with E-state index in [2.05, 4.69) is 0 Å². The molecule has 3 aromatic carbocycles. The molecule has 0 bridgehead atoms. The minimum absolute atomic E-state index is 0. The third-order valence-electron chi connectivity index (χ3n) is 3.32. The first-order valence-electron chi connectivity index (χ1n) is 8.16. The zero-order valence-corrected chi connectivity index (χ0v) is 28.8. The first-order chi connectivity index (χ1) is 15.0. The molecule has 0 unspecified atom stereocenters. The van der Waals surface area contributed by atoms with Gasteiger partial charge in [0, 0.05) is 10.7 Å². The minimum Gasteiger partial charge on any atom is -0.744 e. The number of halogens is 3. The SMILES string of the molecule is O=S(=O)([O-])c1ccccc1I.O=S(=O)([O-])c1ccccc1I.O=S(=O)([O-])c1ccccc1I.[In+3]. The second-order valence-corrected chi connectivity index (χ2v) is 13.2. The Morgan fingerprint density at radius 3 is 0.735 bits per heavy atom. The van der Waals surface area contributed by atoms with Crippen LogP contribution < -0.4 is 0 Å². The molecule has 3 rings (SSSR count). The van der Waals surface area contributed by atoms with Gasteiger partial charge in [-0.15, -0.1) is 0 Å². The van der Waals surface area contributed by atoms with Crippen molar-refractivity contribution in [3.8, 4) is 0 Å². The van der Waals surface area contributed by atoms with Gasteiger partial charge in [-0.05, 0) is 104 Å². The molecule has 180 valence electrons. The second kappa shape index (κ2) is 15.0. The monoisotopic (exact) mass is 964 g/mol. The molecule has 0 aromatic heterocycles. The van der Waals surface area contributed by atoms with E-state index < -0.39 is 30.4 Å². The third kappa shape index (κ3) is 12.1. The van der Waals surface area contributed by atoms with Gasteiger partial charge in [-0.25, -0.2) is 25.3 Å². The average Bonchev–Trinajstić information content (AvgIpc) is 2.67. The molecule has 0 saturated heterocycles. The molecule has 0 aliphatic carbocycles. The Morgan fingerprint density at radius 1 is 0.441 bits per heavy atom. The van der Waals surface area contributed by atoms with Gasteiger partial charge in [-0.2, -0.15) is 0 Å². The smallest absolute Gasteiger partial charge is 0.744 e. The fourth-order valence-corrected chi connectivity index (χ4v) is 7.19. The number of rotatable bonds is 3. The topological polar surface area (TPSA) is 172 Å². The fourth-order valence-electron chi connectivity index (χ4n) is 1.94. The molecular weight excluding hydrogens is 952 g/mol. The summed E-state index contributed by atoms with van der Waals surface area (Å²) in [7, 11) is -12.9. The third-order valence-corrected chi connectivity index (χ3v) is 9.92. The standard InChI is InChI=1S/3C6H5IO3S.In/c3*7-5-3-1-2-4-6(5)11(8,9)10;/h3*1-4H,(H,8,9,10);/q;;;+3/p-3. The summed E-state index contributed by atoms with van der Waals surface area (Å²) in [4.78, 5) is -0.457. The maximum atomic E-state index is 10.5. The summed E-state index contributed by atoms with van der Waals surface area (Å²) in [6, 6.07) is 18.2. The van der Waals surface area contributed by atoms with Crippen LogP contribution in [-0.2, 0) is 30.4 Å². The molecular formula is C18H12I3InO9S3. The fraction of sp³-hybridized carbons (Fsp3) is 0. The van der Waals surface area contributed by atoms with Crippen molar-refractivity contribution in [3.63, 3.8) is 0 Å². The van der Waals surface area contributed by atoms with Crippen LogP contribution in [0.5, 0.6) is 0 Å². The summed E-state index contributed by atoms with van der Waals surface area (Å²) in [5.74, 6) is 0. The largest absolute Gasteiger partial charge is 3.00 e. The quantitative estimate of drug-likeness (QED) is 0.283. The molecule has 0 radical (unpaired) electrons. The normalized spacial score (nSPS) is 11.1. The van der Waals surface area contributed by atoms with Crippen molar-refractivity contribution in [3.05, 3.63) is 83.5 Å². The number of hydrogen-bond acceptors (Lipinski definition) is 9. The van der Waals surface area contributed by atoms with E-state index in [-0.39, 0.29) is 40.5 Å². The van der Waals surface area contributed by atoms with Gasteiger partial charge in [0.2, 0.25) is 0 Å². The van der Waals surface area contributed by atoms with Crippen molar-refractivity contribution in [2.75, 3.05) is 0 Å². The van der Waals surface area contributed by atoms with Crippen molar-refractivity contribution >= 4 is 124 Å². The van der Waals surface area contributed by atoms with Gasteiger partial charge in [0.1, 0.15) is 30.4 Å². The zero-order valence-electron chi connectivity index (χ0n) is 16.5. The Bertz CT molecular complexity index is 1250. The predicted octanol–water partition coefficient (Wildman–Crippen LogP) is 3.21. The van der Waals surface area contributed by atoms with Crippen LogP contribution in [-0.4, -0.2) is 64.8 Å². The van der Waals surface area contributed by atoms with Gasteiger partial charge in [0.05, 0.1) is 14.7 Å². The van der Waals surface area contributed by atoms with E-state index in [1.807, 2.05) is 0 Å². The van der Waals surface area contributed by atoms with Crippen molar-refractivity contribution in [2.45, 2.75) is 14.7 Å². The van der Waals surface area contributed by atoms with Crippen LogP contribution >= 0.6 is 67.8 Å². The zero-order chi connectivity index (χ0) is 25.4. The van der Waals surface area contributed by atoms with Gasteiger partial charge < -0.3 is 13.7 Å². The number of benzene rings is 3. The van der Waals surface area contributed by atoms with Crippen LogP contribution in [0.3, 0.4) is 0 Å². The van der Waals surface area contributed by atoms with E-state index in [1.165, 1.54) is 36.4 Å². The van der Waals surface area contributed by atoms with Crippen molar-refractivity contribution in [1.82, 2.24) is 0 Å². The van der Waals surface area contributed by atoms with E-state index in [1.54, 1.807) is 104 Å². The Labute approximate surface area is 257 Å². The predicted molar refractivity (Wildman–Crippen MR) is 147 cm³/mol. The van der Waals surface area contributed by atoms with Crippen molar-refractivity contribution in [1.29, 1.82) is 0 Å². The summed E-state index contributed by atoms with van der Waals surface area (Å²) in [5, 5.41) is 0. The van der Waals surface area contributed by atoms with Gasteiger partial charge in [-0.3, -0.25) is 0 Å². The Balaban J connectivity index is 0.000000473. The van der Waals surface area contributed by atoms with Crippen LogP contribution in [0, 0.1) is 10.7 Å². The van der Waals surface area contributed by atoms with Crippen LogP contribution in [0.1, 0.15) is 0 Å². The molecule has 0 atom stereocenters. The summed E-state index contributed by atoms with van der Waals surface area (Å²) >= 11 is 5.42. The summed E-state index contributed by atoms with van der Waals surface area (Å²) in [6.45, 7) is 0. The minimum atomic E-state index is -4.29. The van der Waals surface area contributed by atoms with E-state index in [0.29, 0.717) is 10.7 Å². The number of hydrogen-bond donors (Lipinski definition) is 0. The molecule has 9 nitrogen and oxygen atoms in total. The molecule has 0 amide bonds. The van der Waals surface area contributed by atoms with Gasteiger partial charge in [0.25, 0.3) is 0 Å². The average molecular weight is 964 g/mol. The van der Waals surface area contributed by atoms with Crippen LogP contribution in [0.4, 0.5) is 0 Å². The Kier molecular flexibility index (Phi) is 15.2. The van der Waals surface area contributed by atoms with Crippen LogP contribution in [0.15, 0.2) is 87.5 Å². The van der Waals surface area contributed by atoms with E-state index in [0.717, 1.165) is 0 Å². The van der Waals surface area contributed by atoms with Gasteiger partial charge in [-0.1, -0.05) is 36.4 Å². The van der Waals surface area contributed by atoms with E-state index in [9.17, 15) is 38.9 Å². The maximum absolute atomic E-state index is 10.5. The van der Waals surface area contributed by atoms with Crippen molar-refractivity contribution in [2.24, 2.45) is 0 Å². The van der Waals surface area contributed by atoms with Crippen molar-refractivity contribution < 1.29 is 38.9 Å². The summed E-state index contributed by atoms with van der Waals surface area (Å²) in [5.41, 5.74) is 0. The summed E-state index contributed by atoms with van der Waals surface area (Å²) < 4.78 is 95.8. The Morgan fingerprint density at radius 2 is 0.618 bits per heavy atom. The van der Waals surface area contributed by atoms with Crippen LogP contribution in [0.25, 0.3) is 0 Å². The van der Waals surface area contributed by atoms with Crippen LogP contribution in [0.2, 0.25) is 0 Å².